The van der Waals surface area contributed by atoms with Gasteiger partial charge in [0.25, 0.3) is 0 Å². The summed E-state index contributed by atoms with van der Waals surface area (Å²) in [6, 6.07) is 4.41. The molecule has 0 fully saturated rings. The molecule has 0 bridgehead atoms. The van der Waals surface area contributed by atoms with Crippen LogP contribution in [-0.4, -0.2) is 15.9 Å². The molecular weight excluding hydrogens is 223 g/mol. The Balaban J connectivity index is 0.00000144. The zero-order valence-corrected chi connectivity index (χ0v) is 10.8. The van der Waals surface area contributed by atoms with Crippen molar-refractivity contribution >= 4 is 22.7 Å². The molecule has 66 valence electrons. The number of hydrogen-bond acceptors (Lipinski definition) is 3. The third-order valence-corrected chi connectivity index (χ3v) is 2.22. The minimum Gasteiger partial charge on any atom is -0.768 e. The fourth-order valence-corrected chi connectivity index (χ4v) is 1.56. The van der Waals surface area contributed by atoms with Crippen LogP contribution in [0.15, 0.2) is 23.1 Å². The molecule has 13 heavy (non-hydrogen) atoms. The van der Waals surface area contributed by atoms with Gasteiger partial charge in [-0.25, -0.2) is 0 Å². The van der Waals surface area contributed by atoms with Gasteiger partial charge in [-0.3, -0.25) is 4.21 Å². The molecule has 0 N–H and O–H groups in total. The molecule has 1 unspecified atom stereocenters. The van der Waals surface area contributed by atoms with Crippen LogP contribution >= 0.6 is 11.6 Å². The maximum absolute atomic E-state index is 10.6. The second-order valence-corrected chi connectivity index (χ2v) is 3.38. The van der Waals surface area contributed by atoms with Crippen molar-refractivity contribution in [2.45, 2.75) is 4.90 Å². The molecule has 0 aromatic heterocycles. The van der Waals surface area contributed by atoms with Gasteiger partial charge in [-0.2, -0.15) is 0 Å². The predicted octanol–water partition coefficient (Wildman–Crippen LogP) is -1.41. The predicted molar refractivity (Wildman–Crippen MR) is 45.2 cm³/mol. The van der Waals surface area contributed by atoms with Crippen molar-refractivity contribution < 1.29 is 43.1 Å². The van der Waals surface area contributed by atoms with E-state index in [1.54, 1.807) is 6.07 Å². The molecule has 1 aromatic rings. The molecule has 0 saturated carbocycles. The molecule has 6 heteroatoms. The molecule has 0 aliphatic carbocycles. The van der Waals surface area contributed by atoms with Gasteiger partial charge in [0.05, 0.1) is 12.0 Å². The van der Waals surface area contributed by atoms with E-state index in [-0.39, 0.29) is 34.5 Å². The Morgan fingerprint density at radius 3 is 2.62 bits per heavy atom. The third kappa shape index (κ3) is 3.58. The van der Waals surface area contributed by atoms with E-state index < -0.39 is 11.1 Å². The second kappa shape index (κ2) is 6.01. The molecule has 0 radical (unpaired) electrons. The number of ether oxygens (including phenoxy) is 1. The zero-order valence-electron chi connectivity index (χ0n) is 7.24. The van der Waals surface area contributed by atoms with Gasteiger partial charge < -0.3 is 9.29 Å². The average molecular weight is 229 g/mol. The summed E-state index contributed by atoms with van der Waals surface area (Å²) in [6.45, 7) is 0. The number of hydrogen-bond donors (Lipinski definition) is 0. The molecular formula is C7H6ClNaO3S. The monoisotopic (exact) mass is 228 g/mol. The first-order valence-corrected chi connectivity index (χ1v) is 4.53. The summed E-state index contributed by atoms with van der Waals surface area (Å²) in [6.07, 6.45) is 0. The molecule has 0 aliphatic heterocycles. The average Bonchev–Trinajstić information content (AvgIpc) is 2.04. The normalized spacial score (nSPS) is 11.6. The van der Waals surface area contributed by atoms with E-state index in [1.807, 2.05) is 0 Å². The van der Waals surface area contributed by atoms with Gasteiger partial charge >= 0.3 is 29.6 Å². The van der Waals surface area contributed by atoms with Crippen LogP contribution < -0.4 is 34.3 Å². The topological polar surface area (TPSA) is 49.4 Å². The molecule has 1 rings (SSSR count). The molecule has 3 nitrogen and oxygen atoms in total. The van der Waals surface area contributed by atoms with E-state index >= 15 is 0 Å². The van der Waals surface area contributed by atoms with Crippen LogP contribution in [0.25, 0.3) is 0 Å². The van der Waals surface area contributed by atoms with Crippen LogP contribution in [0.2, 0.25) is 5.02 Å². The Morgan fingerprint density at radius 2 is 2.15 bits per heavy atom. The molecule has 0 spiro atoms. The second-order valence-electron chi connectivity index (χ2n) is 2.03. The Kier molecular flexibility index (Phi) is 6.20. The largest absolute Gasteiger partial charge is 1.00 e. The zero-order chi connectivity index (χ0) is 9.14. The molecule has 1 aromatic carbocycles. The first-order valence-electron chi connectivity index (χ1n) is 3.08. The van der Waals surface area contributed by atoms with Crippen molar-refractivity contribution in [2.75, 3.05) is 7.11 Å². The number of benzene rings is 1. The summed E-state index contributed by atoms with van der Waals surface area (Å²) in [4.78, 5) is 0.0741. The van der Waals surface area contributed by atoms with Crippen LogP contribution in [0.5, 0.6) is 5.75 Å². The maximum atomic E-state index is 10.6. The Labute approximate surface area is 106 Å². The first kappa shape index (κ1) is 13.4. The molecule has 1 atom stereocenters. The van der Waals surface area contributed by atoms with Gasteiger partial charge in [0.2, 0.25) is 0 Å². The SMILES string of the molecule is COc1ccc(Cl)cc1S(=O)[O-].[Na+]. The summed E-state index contributed by atoms with van der Waals surface area (Å²) < 4.78 is 26.0. The summed E-state index contributed by atoms with van der Waals surface area (Å²) in [7, 11) is 1.40. The van der Waals surface area contributed by atoms with Crippen molar-refractivity contribution in [1.82, 2.24) is 0 Å². The Hall–Kier alpha value is 0.420. The van der Waals surface area contributed by atoms with E-state index in [0.29, 0.717) is 10.8 Å². The quantitative estimate of drug-likeness (QED) is 0.462. The van der Waals surface area contributed by atoms with Gasteiger partial charge in [0.1, 0.15) is 5.75 Å². The summed E-state index contributed by atoms with van der Waals surface area (Å²) >= 11 is 3.28. The van der Waals surface area contributed by atoms with Crippen LogP contribution in [0.1, 0.15) is 0 Å². The molecule has 0 aliphatic rings. The van der Waals surface area contributed by atoms with Crippen LogP contribution in [-0.2, 0) is 11.1 Å². The van der Waals surface area contributed by atoms with Crippen molar-refractivity contribution in [2.24, 2.45) is 0 Å². The van der Waals surface area contributed by atoms with Gasteiger partial charge in [-0.05, 0) is 29.3 Å². The van der Waals surface area contributed by atoms with Gasteiger partial charge in [-0.1, -0.05) is 11.6 Å². The van der Waals surface area contributed by atoms with Crippen molar-refractivity contribution in [3.8, 4) is 5.75 Å². The molecule has 0 amide bonds. The van der Waals surface area contributed by atoms with Crippen molar-refractivity contribution in [3.63, 3.8) is 0 Å². The molecule has 0 saturated heterocycles. The number of methoxy groups -OCH3 is 1. The fraction of sp³-hybridized carbons (Fsp3) is 0.143. The first-order chi connectivity index (χ1) is 5.65. The van der Waals surface area contributed by atoms with Crippen LogP contribution in [0.4, 0.5) is 0 Å². The molecule has 0 heterocycles. The van der Waals surface area contributed by atoms with Gasteiger partial charge in [0, 0.05) is 5.02 Å². The Morgan fingerprint density at radius 1 is 1.54 bits per heavy atom. The maximum Gasteiger partial charge on any atom is 1.00 e. The summed E-state index contributed by atoms with van der Waals surface area (Å²) in [5.41, 5.74) is 0. The van der Waals surface area contributed by atoms with Crippen LogP contribution in [0.3, 0.4) is 0 Å². The standard InChI is InChI=1S/C7H7ClO3S.Na/c1-11-6-3-2-5(8)4-7(6)12(9)10;/h2-4H,1H3,(H,9,10);/q;+1/p-1. The van der Waals surface area contributed by atoms with E-state index in [1.165, 1.54) is 19.2 Å². The number of rotatable bonds is 2. The fourth-order valence-electron chi connectivity index (χ4n) is 0.781. The third-order valence-electron chi connectivity index (χ3n) is 1.31. The Bertz CT molecular complexity index is 319. The number of halogens is 1. The van der Waals surface area contributed by atoms with E-state index in [0.717, 1.165) is 0 Å². The van der Waals surface area contributed by atoms with Crippen LogP contribution in [0, 0.1) is 0 Å². The minimum absolute atomic E-state index is 0. The van der Waals surface area contributed by atoms with E-state index in [2.05, 4.69) is 0 Å². The summed E-state index contributed by atoms with van der Waals surface area (Å²) in [5.74, 6) is 0.299. The van der Waals surface area contributed by atoms with Crippen molar-refractivity contribution in [1.29, 1.82) is 0 Å². The smallest absolute Gasteiger partial charge is 0.768 e. The van der Waals surface area contributed by atoms with E-state index in [9.17, 15) is 8.76 Å². The van der Waals surface area contributed by atoms with E-state index in [4.69, 9.17) is 16.3 Å². The van der Waals surface area contributed by atoms with Gasteiger partial charge in [0.15, 0.2) is 0 Å². The van der Waals surface area contributed by atoms with Crippen molar-refractivity contribution in [3.05, 3.63) is 23.2 Å². The minimum atomic E-state index is -2.31. The summed E-state index contributed by atoms with van der Waals surface area (Å²) in [5, 5.41) is 0.370. The van der Waals surface area contributed by atoms with Gasteiger partial charge in [-0.15, -0.1) is 0 Å².